The van der Waals surface area contributed by atoms with Crippen molar-refractivity contribution in [1.29, 1.82) is 0 Å². The number of carboxylic acid groups (broad SMARTS) is 1. The molecule has 2 aromatic heterocycles. The number of carbonyl (C=O) groups is 3. The number of aryl methyl sites for hydroxylation is 1. The van der Waals surface area contributed by atoms with Crippen LogP contribution in [-0.4, -0.2) is 28.9 Å². The van der Waals surface area contributed by atoms with E-state index in [1.807, 2.05) is 0 Å². The average Bonchev–Trinajstić information content (AvgIpc) is 3.14. The molecule has 0 spiro atoms. The molecule has 0 fully saturated rings. The topological polar surface area (TPSA) is 109 Å². The molecule has 0 radical (unpaired) electrons. The minimum Gasteiger partial charge on any atom is -0.481 e. The molecular weight excluding hydrogens is 332 g/mol. The van der Waals surface area contributed by atoms with Gasteiger partial charge in [0.25, 0.3) is 11.8 Å². The first kappa shape index (κ1) is 17.7. The molecule has 7 nitrogen and oxygen atoms in total. The molecule has 24 heavy (non-hydrogen) atoms. The quantitative estimate of drug-likeness (QED) is 0.711. The molecule has 2 heterocycles. The van der Waals surface area contributed by atoms with Crippen LogP contribution in [0.4, 0.5) is 5.00 Å². The fraction of sp³-hybridized carbons (Fsp3) is 0.312. The van der Waals surface area contributed by atoms with E-state index in [1.165, 1.54) is 6.26 Å². The van der Waals surface area contributed by atoms with Crippen LogP contribution in [0.2, 0.25) is 0 Å². The van der Waals surface area contributed by atoms with Crippen LogP contribution in [0.15, 0.2) is 28.9 Å². The van der Waals surface area contributed by atoms with Crippen molar-refractivity contribution in [2.45, 2.75) is 32.7 Å². The van der Waals surface area contributed by atoms with E-state index in [2.05, 4.69) is 10.6 Å². The van der Waals surface area contributed by atoms with Crippen LogP contribution in [0.1, 0.15) is 45.6 Å². The molecule has 128 valence electrons. The molecule has 0 aromatic carbocycles. The molecular formula is C16H18N2O5S. The van der Waals surface area contributed by atoms with Gasteiger partial charge >= 0.3 is 5.97 Å². The first-order valence-corrected chi connectivity index (χ1v) is 8.16. The maximum Gasteiger partial charge on any atom is 0.303 e. The number of hydrogen-bond donors (Lipinski definition) is 3. The summed E-state index contributed by atoms with van der Waals surface area (Å²) in [4.78, 5) is 35.2. The first-order chi connectivity index (χ1) is 11.4. The highest BCUT2D eigenvalue weighted by atomic mass is 32.1. The van der Waals surface area contributed by atoms with E-state index in [1.54, 1.807) is 32.0 Å². The summed E-state index contributed by atoms with van der Waals surface area (Å²) in [6.07, 6.45) is 1.76. The van der Waals surface area contributed by atoms with Crippen molar-refractivity contribution >= 4 is 34.1 Å². The summed E-state index contributed by atoms with van der Waals surface area (Å²) in [5, 5.41) is 14.6. The third-order valence-corrected chi connectivity index (χ3v) is 4.43. The summed E-state index contributed by atoms with van der Waals surface area (Å²) in [6.45, 7) is 3.53. The molecule has 0 saturated heterocycles. The number of aliphatic carboxylic acids is 1. The molecule has 1 atom stereocenters. The standard InChI is InChI=1S/C16H18N2O5S/c1-9-8-12(18-15(21)11-4-3-7-23-11)24-14(9)16(22)17-10(2)5-6-13(19)20/h3-4,7-8,10H,5-6H2,1-2H3,(H,17,22)(H,18,21)(H,19,20). The van der Waals surface area contributed by atoms with E-state index < -0.39 is 5.97 Å². The lowest BCUT2D eigenvalue weighted by Gasteiger charge is -2.12. The second kappa shape index (κ2) is 7.78. The van der Waals surface area contributed by atoms with E-state index in [-0.39, 0.29) is 30.0 Å². The van der Waals surface area contributed by atoms with E-state index in [0.717, 1.165) is 16.9 Å². The maximum atomic E-state index is 12.3. The molecule has 2 rings (SSSR count). The van der Waals surface area contributed by atoms with E-state index in [9.17, 15) is 14.4 Å². The smallest absolute Gasteiger partial charge is 0.303 e. The number of hydrogen-bond acceptors (Lipinski definition) is 5. The molecule has 0 aliphatic carbocycles. The Hall–Kier alpha value is -2.61. The molecule has 1 unspecified atom stereocenters. The van der Waals surface area contributed by atoms with Crippen molar-refractivity contribution in [2.24, 2.45) is 0 Å². The van der Waals surface area contributed by atoms with E-state index in [4.69, 9.17) is 9.52 Å². The van der Waals surface area contributed by atoms with Crippen molar-refractivity contribution < 1.29 is 23.9 Å². The summed E-state index contributed by atoms with van der Waals surface area (Å²) in [7, 11) is 0. The summed E-state index contributed by atoms with van der Waals surface area (Å²) in [5.41, 5.74) is 0.734. The molecule has 2 amide bonds. The van der Waals surface area contributed by atoms with Crippen molar-refractivity contribution in [2.75, 3.05) is 5.32 Å². The fourth-order valence-electron chi connectivity index (χ4n) is 2.05. The third-order valence-electron chi connectivity index (χ3n) is 3.27. The second-order valence-electron chi connectivity index (χ2n) is 5.36. The summed E-state index contributed by atoms with van der Waals surface area (Å²) < 4.78 is 5.02. The lowest BCUT2D eigenvalue weighted by atomic mass is 10.2. The number of rotatable bonds is 7. The van der Waals surface area contributed by atoms with Gasteiger partial charge in [-0.2, -0.15) is 0 Å². The molecule has 0 aliphatic heterocycles. The van der Waals surface area contributed by atoms with Gasteiger partial charge in [0, 0.05) is 12.5 Å². The number of amides is 2. The van der Waals surface area contributed by atoms with Gasteiger partial charge in [0.15, 0.2) is 5.76 Å². The van der Waals surface area contributed by atoms with Crippen molar-refractivity contribution in [3.63, 3.8) is 0 Å². The Morgan fingerprint density at radius 2 is 2.08 bits per heavy atom. The predicted molar refractivity (Wildman–Crippen MR) is 89.5 cm³/mol. The molecule has 0 saturated carbocycles. The predicted octanol–water partition coefficient (Wildman–Crippen LogP) is 2.88. The number of anilines is 1. The van der Waals surface area contributed by atoms with Gasteiger partial charge in [0.1, 0.15) is 0 Å². The largest absolute Gasteiger partial charge is 0.481 e. The molecule has 0 aliphatic rings. The van der Waals surface area contributed by atoms with Gasteiger partial charge in [-0.05, 0) is 44.0 Å². The van der Waals surface area contributed by atoms with Crippen molar-refractivity contribution in [3.8, 4) is 0 Å². The Labute approximate surface area is 142 Å². The highest BCUT2D eigenvalue weighted by molar-refractivity contribution is 7.18. The van der Waals surface area contributed by atoms with Crippen LogP contribution in [-0.2, 0) is 4.79 Å². The fourth-order valence-corrected chi connectivity index (χ4v) is 3.02. The minimum absolute atomic E-state index is 0.00464. The van der Waals surface area contributed by atoms with Gasteiger partial charge in [-0.15, -0.1) is 11.3 Å². The van der Waals surface area contributed by atoms with Gasteiger partial charge in [0.05, 0.1) is 16.1 Å². The van der Waals surface area contributed by atoms with Crippen molar-refractivity contribution in [1.82, 2.24) is 5.32 Å². The SMILES string of the molecule is Cc1cc(NC(=O)c2ccco2)sc1C(=O)NC(C)CCC(=O)O. The summed E-state index contributed by atoms with van der Waals surface area (Å²) in [6, 6.07) is 4.62. The van der Waals surface area contributed by atoms with Gasteiger partial charge in [0.2, 0.25) is 0 Å². The Bertz CT molecular complexity index is 736. The van der Waals surface area contributed by atoms with Crippen LogP contribution >= 0.6 is 11.3 Å². The number of carbonyl (C=O) groups excluding carboxylic acids is 2. The second-order valence-corrected chi connectivity index (χ2v) is 6.41. The molecule has 2 aromatic rings. The Kier molecular flexibility index (Phi) is 5.75. The number of nitrogens with one attached hydrogen (secondary N) is 2. The van der Waals surface area contributed by atoms with Gasteiger partial charge in [-0.25, -0.2) is 0 Å². The van der Waals surface area contributed by atoms with Crippen LogP contribution < -0.4 is 10.6 Å². The zero-order valence-corrected chi connectivity index (χ0v) is 14.1. The lowest BCUT2D eigenvalue weighted by molar-refractivity contribution is -0.137. The van der Waals surface area contributed by atoms with Gasteiger partial charge in [-0.3, -0.25) is 14.4 Å². The van der Waals surface area contributed by atoms with Crippen LogP contribution in [0.3, 0.4) is 0 Å². The normalized spacial score (nSPS) is 11.8. The molecule has 0 bridgehead atoms. The Morgan fingerprint density at radius 3 is 2.71 bits per heavy atom. The van der Waals surface area contributed by atoms with Crippen LogP contribution in [0, 0.1) is 6.92 Å². The van der Waals surface area contributed by atoms with Gasteiger partial charge < -0.3 is 20.2 Å². The van der Waals surface area contributed by atoms with Crippen LogP contribution in [0.25, 0.3) is 0 Å². The monoisotopic (exact) mass is 350 g/mol. The Balaban J connectivity index is 1.98. The Morgan fingerprint density at radius 1 is 1.33 bits per heavy atom. The molecule has 8 heteroatoms. The first-order valence-electron chi connectivity index (χ1n) is 7.34. The van der Waals surface area contributed by atoms with E-state index in [0.29, 0.717) is 16.3 Å². The van der Waals surface area contributed by atoms with Crippen molar-refractivity contribution in [3.05, 3.63) is 40.7 Å². The number of furan rings is 1. The third kappa shape index (κ3) is 4.69. The zero-order chi connectivity index (χ0) is 17.7. The highest BCUT2D eigenvalue weighted by Crippen LogP contribution is 2.27. The molecule has 3 N–H and O–H groups in total. The summed E-state index contributed by atoms with van der Waals surface area (Å²) in [5.74, 6) is -1.38. The number of carboxylic acids is 1. The lowest BCUT2D eigenvalue weighted by Crippen LogP contribution is -2.32. The highest BCUT2D eigenvalue weighted by Gasteiger charge is 2.18. The minimum atomic E-state index is -0.897. The zero-order valence-electron chi connectivity index (χ0n) is 13.3. The van der Waals surface area contributed by atoms with Crippen LogP contribution in [0.5, 0.6) is 0 Å². The number of thiophene rings is 1. The van der Waals surface area contributed by atoms with E-state index >= 15 is 0 Å². The summed E-state index contributed by atoms with van der Waals surface area (Å²) >= 11 is 1.16. The maximum absolute atomic E-state index is 12.3. The average molecular weight is 350 g/mol. The van der Waals surface area contributed by atoms with Gasteiger partial charge in [-0.1, -0.05) is 0 Å².